The largest absolute Gasteiger partial charge is 0.490 e. The molecule has 32 heavy (non-hydrogen) atoms. The number of carbonyl (C=O) groups excluding carboxylic acids is 1. The highest BCUT2D eigenvalue weighted by atomic mass is 16.5. The van der Waals surface area contributed by atoms with E-state index < -0.39 is 0 Å². The number of esters is 1. The van der Waals surface area contributed by atoms with E-state index in [1.54, 1.807) is 6.08 Å². The smallest absolute Gasteiger partial charge is 0.343 e. The number of carbonyl (C=O) groups is 1. The predicted octanol–water partition coefficient (Wildman–Crippen LogP) is 6.26. The fourth-order valence-corrected chi connectivity index (χ4v) is 3.63. The summed E-state index contributed by atoms with van der Waals surface area (Å²) in [7, 11) is 0. The van der Waals surface area contributed by atoms with E-state index in [2.05, 4.69) is 6.07 Å². The lowest BCUT2D eigenvalue weighted by Crippen LogP contribution is -2.00. The van der Waals surface area contributed by atoms with Crippen molar-refractivity contribution in [3.8, 4) is 11.5 Å². The molecule has 3 aromatic rings. The van der Waals surface area contributed by atoms with E-state index in [0.717, 1.165) is 22.3 Å². The van der Waals surface area contributed by atoms with Crippen molar-refractivity contribution < 1.29 is 19.0 Å². The first-order valence-electron chi connectivity index (χ1n) is 10.7. The Morgan fingerprint density at radius 3 is 2.47 bits per heavy atom. The van der Waals surface area contributed by atoms with Crippen LogP contribution in [0.5, 0.6) is 11.5 Å². The summed E-state index contributed by atoms with van der Waals surface area (Å²) in [6, 6.07) is 21.7. The van der Waals surface area contributed by atoms with E-state index in [9.17, 15) is 4.79 Å². The maximum atomic E-state index is 12.5. The van der Waals surface area contributed by atoms with Gasteiger partial charge in [-0.05, 0) is 61.7 Å². The average molecular weight is 427 g/mol. The highest BCUT2D eigenvalue weighted by molar-refractivity contribution is 6.05. The summed E-state index contributed by atoms with van der Waals surface area (Å²) in [5, 5.41) is 0. The Morgan fingerprint density at radius 1 is 0.906 bits per heavy atom. The third-order valence-electron chi connectivity index (χ3n) is 5.20. The Bertz CT molecular complexity index is 1190. The van der Waals surface area contributed by atoms with E-state index in [0.29, 0.717) is 36.0 Å². The number of rotatable bonds is 7. The van der Waals surface area contributed by atoms with E-state index in [1.807, 2.05) is 87.5 Å². The van der Waals surface area contributed by atoms with Crippen molar-refractivity contribution in [2.75, 3.05) is 6.61 Å². The van der Waals surface area contributed by atoms with Crippen molar-refractivity contribution in [2.45, 2.75) is 27.4 Å². The molecule has 0 atom stereocenters. The second kappa shape index (κ2) is 9.56. The molecule has 0 saturated heterocycles. The molecule has 4 heteroatoms. The van der Waals surface area contributed by atoms with Crippen LogP contribution >= 0.6 is 0 Å². The molecule has 0 saturated carbocycles. The van der Waals surface area contributed by atoms with Crippen LogP contribution in [0.15, 0.2) is 78.4 Å². The van der Waals surface area contributed by atoms with Gasteiger partial charge in [-0.15, -0.1) is 0 Å². The molecule has 3 aromatic carbocycles. The number of ether oxygens (including phenoxy) is 3. The molecule has 0 unspecified atom stereocenters. The van der Waals surface area contributed by atoms with E-state index in [4.69, 9.17) is 14.2 Å². The molecule has 4 nitrogen and oxygen atoms in total. The SMILES string of the molecule is CCOc1cc(/C=C2\C=C(c3ccc(C)cc3C)OC2=O)ccc1OCc1ccccc1. The van der Waals surface area contributed by atoms with Crippen LogP contribution in [0.1, 0.15) is 34.7 Å². The Morgan fingerprint density at radius 2 is 1.72 bits per heavy atom. The van der Waals surface area contributed by atoms with Gasteiger partial charge in [-0.3, -0.25) is 0 Å². The number of benzene rings is 3. The molecule has 0 N–H and O–H groups in total. The standard InChI is InChI=1S/C28H26O4/c1-4-30-27-16-22(11-13-25(27)31-18-21-8-6-5-7-9-21)15-23-17-26(32-28(23)29)24-12-10-19(2)14-20(24)3/h5-17H,4,18H2,1-3H3/b23-15+. The lowest BCUT2D eigenvalue weighted by Gasteiger charge is -2.13. The first-order chi connectivity index (χ1) is 15.5. The van der Waals surface area contributed by atoms with Gasteiger partial charge in [0.25, 0.3) is 0 Å². The van der Waals surface area contributed by atoms with Crippen LogP contribution in [0.25, 0.3) is 11.8 Å². The molecule has 0 fully saturated rings. The molecule has 0 amide bonds. The molecule has 0 bridgehead atoms. The third kappa shape index (κ3) is 4.92. The molecular weight excluding hydrogens is 400 g/mol. The quantitative estimate of drug-likeness (QED) is 0.330. The molecule has 0 aromatic heterocycles. The molecule has 0 spiro atoms. The van der Waals surface area contributed by atoms with Gasteiger partial charge in [0, 0.05) is 5.56 Å². The molecule has 0 radical (unpaired) electrons. The second-order valence-corrected chi connectivity index (χ2v) is 7.73. The fraction of sp³-hybridized carbons (Fsp3) is 0.179. The van der Waals surface area contributed by atoms with Crippen molar-refractivity contribution in [2.24, 2.45) is 0 Å². The monoisotopic (exact) mass is 426 g/mol. The number of cyclic esters (lactones) is 1. The maximum absolute atomic E-state index is 12.5. The third-order valence-corrected chi connectivity index (χ3v) is 5.20. The lowest BCUT2D eigenvalue weighted by molar-refractivity contribution is -0.130. The first-order valence-corrected chi connectivity index (χ1v) is 10.7. The zero-order valence-corrected chi connectivity index (χ0v) is 18.6. The van der Waals surface area contributed by atoms with Gasteiger partial charge in [-0.2, -0.15) is 0 Å². The van der Waals surface area contributed by atoms with E-state index in [-0.39, 0.29) is 5.97 Å². The minimum atomic E-state index is -0.359. The molecule has 1 aliphatic rings. The fourth-order valence-electron chi connectivity index (χ4n) is 3.63. The average Bonchev–Trinajstić information content (AvgIpc) is 3.14. The topological polar surface area (TPSA) is 44.8 Å². The molecule has 162 valence electrons. The zero-order chi connectivity index (χ0) is 22.5. The predicted molar refractivity (Wildman–Crippen MR) is 126 cm³/mol. The van der Waals surface area contributed by atoms with Crippen LogP contribution in [-0.4, -0.2) is 12.6 Å². The van der Waals surface area contributed by atoms with E-state index >= 15 is 0 Å². The zero-order valence-electron chi connectivity index (χ0n) is 18.6. The van der Waals surface area contributed by atoms with E-state index in [1.165, 1.54) is 5.56 Å². The van der Waals surface area contributed by atoms with Crippen molar-refractivity contribution in [3.63, 3.8) is 0 Å². The molecule has 1 aliphatic heterocycles. The normalized spacial score (nSPS) is 14.3. The van der Waals surface area contributed by atoms with Gasteiger partial charge in [0.1, 0.15) is 12.4 Å². The summed E-state index contributed by atoms with van der Waals surface area (Å²) in [4.78, 5) is 12.5. The summed E-state index contributed by atoms with van der Waals surface area (Å²) in [6.45, 7) is 6.96. The minimum Gasteiger partial charge on any atom is -0.490 e. The van der Waals surface area contributed by atoms with Gasteiger partial charge in [-0.1, -0.05) is 60.2 Å². The van der Waals surface area contributed by atoms with Gasteiger partial charge in [0.15, 0.2) is 11.5 Å². The number of hydrogen-bond acceptors (Lipinski definition) is 4. The van der Waals surface area contributed by atoms with Crippen molar-refractivity contribution in [1.29, 1.82) is 0 Å². The molecular formula is C28H26O4. The van der Waals surface area contributed by atoms with Gasteiger partial charge < -0.3 is 14.2 Å². The highest BCUT2D eigenvalue weighted by Gasteiger charge is 2.23. The summed E-state index contributed by atoms with van der Waals surface area (Å²) >= 11 is 0. The Hall–Kier alpha value is -3.79. The Balaban J connectivity index is 1.58. The summed E-state index contributed by atoms with van der Waals surface area (Å²) in [5.41, 5.74) is 5.59. The molecule has 4 rings (SSSR count). The van der Waals surface area contributed by atoms with Crippen LogP contribution in [-0.2, 0) is 16.1 Å². The van der Waals surface area contributed by atoms with Crippen LogP contribution in [0.4, 0.5) is 0 Å². The van der Waals surface area contributed by atoms with Crippen LogP contribution < -0.4 is 9.47 Å². The van der Waals surface area contributed by atoms with Crippen LogP contribution in [0, 0.1) is 13.8 Å². The van der Waals surface area contributed by atoms with Gasteiger partial charge in [-0.25, -0.2) is 4.79 Å². The number of hydrogen-bond donors (Lipinski definition) is 0. The Labute approximate surface area is 188 Å². The second-order valence-electron chi connectivity index (χ2n) is 7.73. The summed E-state index contributed by atoms with van der Waals surface area (Å²) in [5.74, 6) is 1.52. The van der Waals surface area contributed by atoms with Gasteiger partial charge in [0.2, 0.25) is 0 Å². The van der Waals surface area contributed by atoms with Crippen molar-refractivity contribution in [3.05, 3.63) is 106 Å². The van der Waals surface area contributed by atoms with Gasteiger partial charge in [0.05, 0.1) is 12.2 Å². The Kier molecular flexibility index (Phi) is 6.41. The summed E-state index contributed by atoms with van der Waals surface area (Å²) in [6.07, 6.45) is 3.60. The van der Waals surface area contributed by atoms with Gasteiger partial charge >= 0.3 is 5.97 Å². The minimum absolute atomic E-state index is 0.359. The molecule has 0 aliphatic carbocycles. The summed E-state index contributed by atoms with van der Waals surface area (Å²) < 4.78 is 17.3. The van der Waals surface area contributed by atoms with Crippen LogP contribution in [0.2, 0.25) is 0 Å². The highest BCUT2D eigenvalue weighted by Crippen LogP contribution is 2.33. The number of aryl methyl sites for hydroxylation is 2. The van der Waals surface area contributed by atoms with Crippen molar-refractivity contribution >= 4 is 17.8 Å². The van der Waals surface area contributed by atoms with Crippen molar-refractivity contribution in [1.82, 2.24) is 0 Å². The first kappa shape index (κ1) is 21.4. The van der Waals surface area contributed by atoms with Crippen LogP contribution in [0.3, 0.4) is 0 Å². The lowest BCUT2D eigenvalue weighted by atomic mass is 10.0. The maximum Gasteiger partial charge on any atom is 0.343 e. The molecule has 1 heterocycles.